The molecule has 0 heterocycles. The molecule has 2 nitrogen and oxygen atoms in total. The van der Waals surface area contributed by atoms with E-state index in [0.717, 1.165) is 21.0 Å². The fraction of sp³-hybridized carbons (Fsp3) is 0.250. The molecule has 0 aromatic heterocycles. The molecule has 0 aliphatic rings. The second-order valence-corrected chi connectivity index (χ2v) is 3.24. The van der Waals surface area contributed by atoms with Gasteiger partial charge in [0.05, 0.1) is 16.6 Å². The maximum absolute atomic E-state index is 5.71. The van der Waals surface area contributed by atoms with Gasteiger partial charge in [0.15, 0.2) is 0 Å². The van der Waals surface area contributed by atoms with E-state index in [1.54, 1.807) is 7.11 Å². The molecule has 58 valence electrons. The van der Waals surface area contributed by atoms with Gasteiger partial charge in [0.25, 0.3) is 0 Å². The zero-order valence-electron chi connectivity index (χ0n) is 6.72. The fourth-order valence-electron chi connectivity index (χ4n) is 0.879. The largest absolute Gasteiger partial charge is 0.497 e. The van der Waals surface area contributed by atoms with Crippen molar-refractivity contribution in [3.63, 3.8) is 0 Å². The van der Waals surface area contributed by atoms with Gasteiger partial charge in [-0.2, -0.15) is 0 Å². The number of rotatable bonds is 2. The molecule has 0 bridgehead atoms. The summed E-state index contributed by atoms with van der Waals surface area (Å²) in [6, 6.07) is 5.73. The van der Waals surface area contributed by atoms with Gasteiger partial charge in [0.1, 0.15) is 5.75 Å². The summed E-state index contributed by atoms with van der Waals surface area (Å²) in [5.41, 5.74) is 6.56. The lowest BCUT2D eigenvalue weighted by molar-refractivity contribution is 0.415. The minimum absolute atomic E-state index is 0.723. The third-order valence-electron chi connectivity index (χ3n) is 1.53. The molecule has 0 fully saturated rings. The first-order valence-electron chi connectivity index (χ1n) is 3.39. The second-order valence-electron chi connectivity index (χ2n) is 2.20. The van der Waals surface area contributed by atoms with Gasteiger partial charge in [-0.1, -0.05) is 6.55 Å². The van der Waals surface area contributed by atoms with Gasteiger partial charge >= 0.3 is 0 Å². The van der Waals surface area contributed by atoms with Crippen LogP contribution >= 0.6 is 0 Å². The Kier molecular flexibility index (Phi) is 2.54. The van der Waals surface area contributed by atoms with Crippen LogP contribution in [0.1, 0.15) is 0 Å². The number of benzene rings is 1. The third kappa shape index (κ3) is 1.74. The molecule has 1 aromatic rings. The minimum Gasteiger partial charge on any atom is -0.497 e. The van der Waals surface area contributed by atoms with Crippen molar-refractivity contribution in [1.82, 2.24) is 0 Å². The van der Waals surface area contributed by atoms with E-state index in [2.05, 4.69) is 6.55 Å². The standard InChI is InChI=1S/C8H11NOSi/c1-10-6-3-4-7(9)8(5-6)11-2/h3-5H,9H2,1-2H3. The molecule has 0 atom stereocenters. The third-order valence-corrected chi connectivity index (χ3v) is 2.50. The smallest absolute Gasteiger partial charge is 0.118 e. The van der Waals surface area contributed by atoms with Crippen LogP contribution in [0.5, 0.6) is 5.75 Å². The summed E-state index contributed by atoms with van der Waals surface area (Å²) in [5, 5.41) is 1.17. The number of methoxy groups -OCH3 is 1. The quantitative estimate of drug-likeness (QED) is 0.516. The maximum atomic E-state index is 5.71. The normalized spacial score (nSPS) is 9.64. The summed E-state index contributed by atoms with van der Waals surface area (Å²) in [4.78, 5) is 0. The first-order valence-corrected chi connectivity index (χ1v) is 4.89. The van der Waals surface area contributed by atoms with Gasteiger partial charge in [-0.25, -0.2) is 0 Å². The van der Waals surface area contributed by atoms with Crippen LogP contribution in [0.2, 0.25) is 6.55 Å². The molecule has 2 N–H and O–H groups in total. The summed E-state index contributed by atoms with van der Waals surface area (Å²) < 4.78 is 5.06. The van der Waals surface area contributed by atoms with Crippen LogP contribution in [0, 0.1) is 0 Å². The van der Waals surface area contributed by atoms with Crippen LogP contribution in [0.25, 0.3) is 0 Å². The predicted molar refractivity (Wildman–Crippen MR) is 48.7 cm³/mol. The average Bonchev–Trinajstić information content (AvgIpc) is 2.05. The predicted octanol–water partition coefficient (Wildman–Crippen LogP) is 0.655. The van der Waals surface area contributed by atoms with Gasteiger partial charge in [0, 0.05) is 5.69 Å². The second kappa shape index (κ2) is 3.43. The fourth-order valence-corrected chi connectivity index (χ4v) is 1.54. The van der Waals surface area contributed by atoms with Crippen LogP contribution in [0.15, 0.2) is 18.2 Å². The minimum atomic E-state index is 0.723. The summed E-state index contributed by atoms with van der Waals surface area (Å²) in [5.74, 6) is 0.878. The Morgan fingerprint density at radius 2 is 2.18 bits per heavy atom. The highest BCUT2D eigenvalue weighted by Crippen LogP contribution is 2.09. The van der Waals surface area contributed by atoms with Crippen molar-refractivity contribution in [2.24, 2.45) is 0 Å². The van der Waals surface area contributed by atoms with Crippen LogP contribution < -0.4 is 15.7 Å². The molecule has 0 spiro atoms. The molecule has 0 aliphatic carbocycles. The molecule has 11 heavy (non-hydrogen) atoms. The number of ether oxygens (including phenoxy) is 1. The highest BCUT2D eigenvalue weighted by Gasteiger charge is 1.98. The van der Waals surface area contributed by atoms with Crippen molar-refractivity contribution in [2.45, 2.75) is 6.55 Å². The van der Waals surface area contributed by atoms with E-state index in [9.17, 15) is 0 Å². The zero-order valence-corrected chi connectivity index (χ0v) is 7.72. The van der Waals surface area contributed by atoms with Crippen LogP contribution in [0.3, 0.4) is 0 Å². The summed E-state index contributed by atoms with van der Waals surface area (Å²) in [6.45, 7) is 2.10. The average molecular weight is 165 g/mol. The Labute approximate surface area is 69.2 Å². The number of nitrogens with two attached hydrogens (primary N) is 1. The van der Waals surface area contributed by atoms with E-state index >= 15 is 0 Å². The van der Waals surface area contributed by atoms with Crippen molar-refractivity contribution in [2.75, 3.05) is 12.8 Å². The maximum Gasteiger partial charge on any atom is 0.118 e. The lowest BCUT2D eigenvalue weighted by atomic mass is 10.3. The molecule has 0 aliphatic heterocycles. The Balaban J connectivity index is 3.02. The number of anilines is 1. The Bertz CT molecular complexity index is 250. The van der Waals surface area contributed by atoms with Gasteiger partial charge in [-0.15, -0.1) is 0 Å². The van der Waals surface area contributed by atoms with Crippen LogP contribution in [-0.4, -0.2) is 16.6 Å². The number of hydrogen-bond acceptors (Lipinski definition) is 2. The van der Waals surface area contributed by atoms with E-state index in [-0.39, 0.29) is 0 Å². The first kappa shape index (κ1) is 8.14. The topological polar surface area (TPSA) is 35.2 Å². The van der Waals surface area contributed by atoms with Gasteiger partial charge in [0.2, 0.25) is 0 Å². The highest BCUT2D eigenvalue weighted by atomic mass is 28.2. The lowest BCUT2D eigenvalue weighted by Gasteiger charge is -2.04. The molecule has 2 radical (unpaired) electrons. The molecule has 0 saturated heterocycles. The molecular formula is C8H11NOSi. The van der Waals surface area contributed by atoms with E-state index in [1.165, 1.54) is 5.19 Å². The molecule has 1 rings (SSSR count). The molecule has 0 amide bonds. The van der Waals surface area contributed by atoms with Crippen LogP contribution in [-0.2, 0) is 0 Å². The molecule has 3 heteroatoms. The van der Waals surface area contributed by atoms with Gasteiger partial charge in [-0.3, -0.25) is 0 Å². The van der Waals surface area contributed by atoms with Gasteiger partial charge < -0.3 is 10.5 Å². The number of hydrogen-bond donors (Lipinski definition) is 1. The van der Waals surface area contributed by atoms with Crippen molar-refractivity contribution >= 4 is 20.4 Å². The van der Waals surface area contributed by atoms with E-state index in [4.69, 9.17) is 10.5 Å². The van der Waals surface area contributed by atoms with Crippen molar-refractivity contribution in [3.8, 4) is 5.75 Å². The zero-order chi connectivity index (χ0) is 8.27. The Hall–Kier alpha value is -0.963. The number of nitrogen functional groups attached to an aromatic ring is 1. The summed E-state index contributed by atoms with van der Waals surface area (Å²) >= 11 is 0. The SMILES string of the molecule is COc1ccc(N)c([Si]C)c1. The van der Waals surface area contributed by atoms with E-state index < -0.39 is 0 Å². The first-order chi connectivity index (χ1) is 5.27. The monoisotopic (exact) mass is 165 g/mol. The van der Waals surface area contributed by atoms with Crippen molar-refractivity contribution < 1.29 is 4.74 Å². The lowest BCUT2D eigenvalue weighted by Crippen LogP contribution is -2.15. The van der Waals surface area contributed by atoms with Crippen molar-refractivity contribution in [3.05, 3.63) is 18.2 Å². The summed E-state index contributed by atoms with van der Waals surface area (Å²) in [6.07, 6.45) is 0. The highest BCUT2D eigenvalue weighted by molar-refractivity contribution is 6.54. The van der Waals surface area contributed by atoms with E-state index in [1.807, 2.05) is 18.2 Å². The molecule has 0 unspecified atom stereocenters. The Morgan fingerprint density at radius 3 is 2.73 bits per heavy atom. The molecule has 0 saturated carbocycles. The van der Waals surface area contributed by atoms with E-state index in [0.29, 0.717) is 0 Å². The van der Waals surface area contributed by atoms with Crippen molar-refractivity contribution in [1.29, 1.82) is 0 Å². The summed E-state index contributed by atoms with van der Waals surface area (Å²) in [7, 11) is 2.38. The van der Waals surface area contributed by atoms with Gasteiger partial charge in [-0.05, 0) is 23.4 Å². The molecule has 1 aromatic carbocycles. The molecular weight excluding hydrogens is 154 g/mol. The Morgan fingerprint density at radius 1 is 1.45 bits per heavy atom. The van der Waals surface area contributed by atoms with Crippen LogP contribution in [0.4, 0.5) is 5.69 Å².